The zero-order valence-electron chi connectivity index (χ0n) is 8.64. The average molecular weight is 172 g/mol. The highest BCUT2D eigenvalue weighted by Gasteiger charge is 2.26. The monoisotopic (exact) mass is 172 g/mol. The number of hydrogen-bond donors (Lipinski definition) is 0. The Morgan fingerprint density at radius 3 is 1.42 bits per heavy atom. The Balaban J connectivity index is 2.45. The Kier molecular flexibility index (Phi) is 2.79. The van der Waals surface area contributed by atoms with Gasteiger partial charge < -0.3 is 9.47 Å². The maximum Gasteiger partial charge on any atom is 0.0648 e. The fourth-order valence-electron chi connectivity index (χ4n) is 1.29. The molecule has 2 heteroatoms. The summed E-state index contributed by atoms with van der Waals surface area (Å²) in [6, 6.07) is 0. The summed E-state index contributed by atoms with van der Waals surface area (Å²) in [5.74, 6) is 0. The molecule has 0 unspecified atom stereocenters. The van der Waals surface area contributed by atoms with Gasteiger partial charge in [-0.1, -0.05) is 0 Å². The van der Waals surface area contributed by atoms with Gasteiger partial charge in [-0.15, -0.1) is 0 Å². The quantitative estimate of drug-likeness (QED) is 0.558. The molecule has 0 saturated carbocycles. The highest BCUT2D eigenvalue weighted by atomic mass is 16.5. The smallest absolute Gasteiger partial charge is 0.0648 e. The molecule has 1 rings (SSSR count). The van der Waals surface area contributed by atoms with Gasteiger partial charge in [-0.3, -0.25) is 0 Å². The lowest BCUT2D eigenvalue weighted by Gasteiger charge is -2.34. The third-order valence-corrected chi connectivity index (χ3v) is 2.39. The van der Waals surface area contributed by atoms with Gasteiger partial charge in [0, 0.05) is 0 Å². The lowest BCUT2D eigenvalue weighted by atomic mass is 10.0. The Hall–Kier alpha value is -0.0800. The summed E-state index contributed by atoms with van der Waals surface area (Å²) in [5.41, 5.74) is -0.00694. The van der Waals surface area contributed by atoms with Crippen molar-refractivity contribution in [3.8, 4) is 0 Å². The Labute approximate surface area is 75.2 Å². The first kappa shape index (κ1) is 10.0. The Bertz CT molecular complexity index is 120. The van der Waals surface area contributed by atoms with Crippen molar-refractivity contribution in [2.45, 2.75) is 51.7 Å². The van der Waals surface area contributed by atoms with Crippen LogP contribution in [0.3, 0.4) is 0 Å². The number of hydrogen-bond acceptors (Lipinski definition) is 2. The van der Waals surface area contributed by atoms with Gasteiger partial charge in [-0.05, 0) is 40.5 Å². The number of rotatable bonds is 0. The molecule has 0 amide bonds. The predicted molar refractivity (Wildman–Crippen MR) is 49.3 cm³/mol. The van der Waals surface area contributed by atoms with E-state index in [1.54, 1.807) is 0 Å². The Morgan fingerprint density at radius 2 is 1.08 bits per heavy atom. The van der Waals surface area contributed by atoms with E-state index < -0.39 is 0 Å². The van der Waals surface area contributed by atoms with Crippen molar-refractivity contribution >= 4 is 0 Å². The molecule has 0 atom stereocenters. The van der Waals surface area contributed by atoms with Crippen LogP contribution in [0.25, 0.3) is 0 Å². The molecule has 2 nitrogen and oxygen atoms in total. The predicted octanol–water partition coefficient (Wildman–Crippen LogP) is 2.37. The van der Waals surface area contributed by atoms with Crippen molar-refractivity contribution in [3.63, 3.8) is 0 Å². The molecule has 1 aliphatic heterocycles. The van der Waals surface area contributed by atoms with Crippen LogP contribution in [0.4, 0.5) is 0 Å². The van der Waals surface area contributed by atoms with Crippen molar-refractivity contribution in [3.05, 3.63) is 0 Å². The van der Waals surface area contributed by atoms with Gasteiger partial charge in [0.2, 0.25) is 0 Å². The molecule has 0 N–H and O–H groups in total. The first-order valence-corrected chi connectivity index (χ1v) is 4.69. The van der Waals surface area contributed by atoms with Gasteiger partial charge >= 0.3 is 0 Å². The SMILES string of the molecule is CC1(C)CCOC(C)(C)CCO1. The summed E-state index contributed by atoms with van der Waals surface area (Å²) in [6.45, 7) is 10.1. The van der Waals surface area contributed by atoms with Crippen LogP contribution in [0.15, 0.2) is 0 Å². The van der Waals surface area contributed by atoms with Crippen LogP contribution >= 0.6 is 0 Å². The molecule has 0 bridgehead atoms. The van der Waals surface area contributed by atoms with Gasteiger partial charge in [-0.25, -0.2) is 0 Å². The fraction of sp³-hybridized carbons (Fsp3) is 1.00. The van der Waals surface area contributed by atoms with E-state index in [4.69, 9.17) is 9.47 Å². The van der Waals surface area contributed by atoms with Gasteiger partial charge in [0.05, 0.1) is 24.4 Å². The molecule has 0 spiro atoms. The van der Waals surface area contributed by atoms with Crippen LogP contribution in [0.2, 0.25) is 0 Å². The van der Waals surface area contributed by atoms with Crippen molar-refractivity contribution in [1.82, 2.24) is 0 Å². The van der Waals surface area contributed by atoms with Gasteiger partial charge in [0.15, 0.2) is 0 Å². The largest absolute Gasteiger partial charge is 0.375 e. The van der Waals surface area contributed by atoms with Crippen molar-refractivity contribution < 1.29 is 9.47 Å². The van der Waals surface area contributed by atoms with Crippen LogP contribution in [-0.2, 0) is 9.47 Å². The molecule has 1 saturated heterocycles. The highest BCUT2D eigenvalue weighted by molar-refractivity contribution is 4.75. The Morgan fingerprint density at radius 1 is 0.750 bits per heavy atom. The molecule has 12 heavy (non-hydrogen) atoms. The van der Waals surface area contributed by atoms with Crippen molar-refractivity contribution in [2.75, 3.05) is 13.2 Å². The molecule has 1 fully saturated rings. The van der Waals surface area contributed by atoms with E-state index >= 15 is 0 Å². The van der Waals surface area contributed by atoms with Gasteiger partial charge in [0.25, 0.3) is 0 Å². The molecular weight excluding hydrogens is 152 g/mol. The molecule has 0 radical (unpaired) electrons. The van der Waals surface area contributed by atoms with E-state index in [9.17, 15) is 0 Å². The van der Waals surface area contributed by atoms with E-state index in [1.165, 1.54) is 0 Å². The van der Waals surface area contributed by atoms with Crippen LogP contribution in [-0.4, -0.2) is 24.4 Å². The summed E-state index contributed by atoms with van der Waals surface area (Å²) in [5, 5.41) is 0. The molecule has 1 aliphatic rings. The molecule has 1 heterocycles. The maximum atomic E-state index is 5.73. The first-order valence-electron chi connectivity index (χ1n) is 4.69. The first-order chi connectivity index (χ1) is 5.41. The third kappa shape index (κ3) is 3.11. The minimum Gasteiger partial charge on any atom is -0.375 e. The maximum absolute atomic E-state index is 5.73. The third-order valence-electron chi connectivity index (χ3n) is 2.39. The van der Waals surface area contributed by atoms with E-state index in [0.29, 0.717) is 0 Å². The lowest BCUT2D eigenvalue weighted by molar-refractivity contribution is -0.120. The molecule has 0 aromatic rings. The van der Waals surface area contributed by atoms with E-state index in [0.717, 1.165) is 26.1 Å². The zero-order chi connectivity index (χ0) is 9.24. The second kappa shape index (κ2) is 3.35. The summed E-state index contributed by atoms with van der Waals surface area (Å²) in [6.07, 6.45) is 1.97. The minimum atomic E-state index is -0.00347. The molecule has 0 aliphatic carbocycles. The standard InChI is InChI=1S/C10H20O2/c1-9(2)5-7-12-10(3,4)6-8-11-9/h5-8H2,1-4H3. The van der Waals surface area contributed by atoms with E-state index in [-0.39, 0.29) is 11.2 Å². The van der Waals surface area contributed by atoms with E-state index in [2.05, 4.69) is 27.7 Å². The second-order valence-corrected chi connectivity index (χ2v) is 4.72. The van der Waals surface area contributed by atoms with Crippen LogP contribution < -0.4 is 0 Å². The summed E-state index contributed by atoms with van der Waals surface area (Å²) in [7, 11) is 0. The molecule has 72 valence electrons. The van der Waals surface area contributed by atoms with Crippen molar-refractivity contribution in [2.24, 2.45) is 0 Å². The normalized spacial score (nSPS) is 29.0. The topological polar surface area (TPSA) is 18.5 Å². The second-order valence-electron chi connectivity index (χ2n) is 4.72. The van der Waals surface area contributed by atoms with Crippen LogP contribution in [0, 0.1) is 0 Å². The lowest BCUT2D eigenvalue weighted by Crippen LogP contribution is -2.36. The molecule has 0 aromatic heterocycles. The van der Waals surface area contributed by atoms with E-state index in [1.807, 2.05) is 0 Å². The highest BCUT2D eigenvalue weighted by Crippen LogP contribution is 2.23. The summed E-state index contributed by atoms with van der Waals surface area (Å²) < 4.78 is 11.5. The number of ether oxygens (including phenoxy) is 2. The molecular formula is C10H20O2. The zero-order valence-corrected chi connectivity index (χ0v) is 8.64. The fourth-order valence-corrected chi connectivity index (χ4v) is 1.29. The average Bonchev–Trinajstić information content (AvgIpc) is 1.82. The van der Waals surface area contributed by atoms with Gasteiger partial charge in [-0.2, -0.15) is 0 Å². The minimum absolute atomic E-state index is 0.00347. The van der Waals surface area contributed by atoms with Crippen LogP contribution in [0.1, 0.15) is 40.5 Å². The molecule has 0 aromatic carbocycles. The van der Waals surface area contributed by atoms with Gasteiger partial charge in [0.1, 0.15) is 0 Å². The van der Waals surface area contributed by atoms with Crippen molar-refractivity contribution in [1.29, 1.82) is 0 Å². The van der Waals surface area contributed by atoms with Crippen LogP contribution in [0.5, 0.6) is 0 Å². The summed E-state index contributed by atoms with van der Waals surface area (Å²) in [4.78, 5) is 0. The summed E-state index contributed by atoms with van der Waals surface area (Å²) >= 11 is 0.